The van der Waals surface area contributed by atoms with Crippen molar-refractivity contribution in [3.8, 4) is 0 Å². The van der Waals surface area contributed by atoms with E-state index in [1.165, 1.54) is 25.9 Å². The van der Waals surface area contributed by atoms with Crippen LogP contribution in [0, 0.1) is 5.92 Å². The molecule has 3 aliphatic rings. The molecule has 0 radical (unpaired) electrons. The molecule has 3 aliphatic heterocycles. The van der Waals surface area contributed by atoms with Crippen LogP contribution in [0.4, 0.5) is 0 Å². The Morgan fingerprint density at radius 2 is 2.08 bits per heavy atom. The van der Waals surface area contributed by atoms with Crippen molar-refractivity contribution in [2.45, 2.75) is 25.4 Å². The van der Waals surface area contributed by atoms with Crippen molar-refractivity contribution in [2.24, 2.45) is 5.92 Å². The number of benzene rings is 1. The van der Waals surface area contributed by atoms with Gasteiger partial charge in [-0.15, -0.1) is 0 Å². The van der Waals surface area contributed by atoms with Crippen molar-refractivity contribution < 1.29 is 30.2 Å². The summed E-state index contributed by atoms with van der Waals surface area (Å²) in [6, 6.07) is 8.05. The quantitative estimate of drug-likeness (QED) is 0.704. The summed E-state index contributed by atoms with van der Waals surface area (Å²) < 4.78 is 2.06. The van der Waals surface area contributed by atoms with Crippen molar-refractivity contribution in [3.63, 3.8) is 0 Å². The van der Waals surface area contributed by atoms with Gasteiger partial charge in [-0.05, 0) is 44.0 Å². The van der Waals surface area contributed by atoms with Crippen molar-refractivity contribution in [1.29, 1.82) is 0 Å². The molecule has 1 atom stereocenters. The maximum atomic E-state index is 11.4. The van der Waals surface area contributed by atoms with Gasteiger partial charge in [0.1, 0.15) is 0 Å². The van der Waals surface area contributed by atoms with E-state index in [9.17, 15) is 9.90 Å². The molecule has 1 aromatic carbocycles. The van der Waals surface area contributed by atoms with E-state index in [2.05, 4.69) is 14.8 Å². The number of piperidine rings is 3. The molecule has 3 saturated heterocycles. The molecule has 1 unspecified atom stereocenters. The van der Waals surface area contributed by atoms with Gasteiger partial charge < -0.3 is 21.3 Å². The first-order valence-corrected chi connectivity index (χ1v) is 8.49. The first-order valence-electron chi connectivity index (χ1n) is 8.49. The van der Waals surface area contributed by atoms with E-state index >= 15 is 0 Å². The zero-order valence-corrected chi connectivity index (χ0v) is 14.2. The first kappa shape index (κ1) is 17.6. The van der Waals surface area contributed by atoms with Gasteiger partial charge in [0, 0.05) is 37.3 Å². The molecule has 2 bridgehead atoms. The zero-order valence-electron chi connectivity index (χ0n) is 15.2. The fraction of sp³-hybridized carbons (Fsp3) is 0.500. The maximum absolute atomic E-state index is 11.4. The number of aromatic nitrogens is 1. The number of fused-ring (bicyclic) bond motifs is 4. The van der Waals surface area contributed by atoms with E-state index in [-0.39, 0.29) is 20.3 Å². The third-order valence-corrected chi connectivity index (χ3v) is 5.43. The van der Waals surface area contributed by atoms with Crippen molar-refractivity contribution >= 4 is 16.9 Å². The Kier molecular flexibility index (Phi) is 5.36. The average Bonchev–Trinajstić information content (AvgIpc) is 2.99. The number of hydrogen-bond acceptors (Lipinski definition) is 3. The zero-order chi connectivity index (χ0) is 15.8. The van der Waals surface area contributed by atoms with E-state index in [1.807, 2.05) is 24.4 Å². The first-order chi connectivity index (χ1) is 11.2. The molecule has 2 N–H and O–H groups in total. The molecule has 0 saturated carbocycles. The smallest absolute Gasteiger partial charge is 1.00 e. The number of carboxylic acids is 1. The molecule has 6 heteroatoms. The molecule has 0 aliphatic carbocycles. The van der Waals surface area contributed by atoms with Gasteiger partial charge in [0.15, 0.2) is 0 Å². The molecule has 3 fully saturated rings. The minimum absolute atomic E-state index is 0. The van der Waals surface area contributed by atoms with Crippen LogP contribution in [-0.4, -0.2) is 52.8 Å². The van der Waals surface area contributed by atoms with Crippen LogP contribution < -0.4 is 24.2 Å². The summed E-state index contributed by atoms with van der Waals surface area (Å²) in [5, 5.41) is 14.1. The van der Waals surface area contributed by atoms with Gasteiger partial charge in [0.05, 0.1) is 11.1 Å². The predicted octanol–water partition coefficient (Wildman–Crippen LogP) is -0.860. The predicted molar refractivity (Wildman–Crippen MR) is 91.0 cm³/mol. The molecule has 0 amide bonds. The third-order valence-electron chi connectivity index (χ3n) is 5.43. The van der Waals surface area contributed by atoms with Crippen LogP contribution in [0.3, 0.4) is 0 Å². The van der Waals surface area contributed by atoms with Crippen LogP contribution in [0.1, 0.15) is 24.6 Å². The Hall–Kier alpha value is -1.25. The van der Waals surface area contributed by atoms with Crippen molar-refractivity contribution in [1.82, 2.24) is 14.8 Å². The van der Waals surface area contributed by atoms with E-state index in [0.717, 1.165) is 36.5 Å². The Bertz CT molecular complexity index is 728. The number of carboxylic acid groups (broad SMARTS) is 1. The third kappa shape index (κ3) is 3.27. The Morgan fingerprint density at radius 1 is 1.29 bits per heavy atom. The summed E-state index contributed by atoms with van der Waals surface area (Å²) in [4.78, 5) is 14.0. The SMILES string of the molecule is O=C(O)c1cccc2ccn(CCNC3CN4CCC3CC4)c12.[H-].[Li+]. The molecule has 5 nitrogen and oxygen atoms in total. The summed E-state index contributed by atoms with van der Waals surface area (Å²) in [6.45, 7) is 5.36. The van der Waals surface area contributed by atoms with Crippen molar-refractivity contribution in [2.75, 3.05) is 26.2 Å². The number of rotatable bonds is 5. The van der Waals surface area contributed by atoms with Crippen LogP contribution in [0.2, 0.25) is 0 Å². The number of carbonyl (C=O) groups is 1. The molecule has 4 heterocycles. The summed E-state index contributed by atoms with van der Waals surface area (Å²) >= 11 is 0. The molecule has 5 rings (SSSR count). The van der Waals surface area contributed by atoms with Gasteiger partial charge in [-0.2, -0.15) is 0 Å². The van der Waals surface area contributed by atoms with Crippen LogP contribution in [-0.2, 0) is 6.54 Å². The second kappa shape index (κ2) is 7.33. The second-order valence-corrected chi connectivity index (χ2v) is 6.76. The van der Waals surface area contributed by atoms with Crippen LogP contribution >= 0.6 is 0 Å². The summed E-state index contributed by atoms with van der Waals surface area (Å²) in [5.41, 5.74) is 1.21. The Labute approximate surface area is 155 Å². The maximum Gasteiger partial charge on any atom is 1.00 e. The average molecular weight is 321 g/mol. The van der Waals surface area contributed by atoms with Gasteiger partial charge >= 0.3 is 24.8 Å². The van der Waals surface area contributed by atoms with Gasteiger partial charge in [0.25, 0.3) is 0 Å². The number of hydrogen-bond donors (Lipinski definition) is 2. The molecule has 124 valence electrons. The van der Waals surface area contributed by atoms with Crippen LogP contribution in [0.15, 0.2) is 30.5 Å². The molecule has 24 heavy (non-hydrogen) atoms. The van der Waals surface area contributed by atoms with E-state index in [0.29, 0.717) is 11.6 Å². The molecule has 0 spiro atoms. The summed E-state index contributed by atoms with van der Waals surface area (Å²) in [7, 11) is 0. The number of nitrogens with one attached hydrogen (secondary N) is 1. The van der Waals surface area contributed by atoms with E-state index < -0.39 is 5.97 Å². The number of para-hydroxylation sites is 1. The Morgan fingerprint density at radius 3 is 2.75 bits per heavy atom. The van der Waals surface area contributed by atoms with E-state index in [1.54, 1.807) is 6.07 Å². The minimum atomic E-state index is -0.860. The fourth-order valence-corrected chi connectivity index (χ4v) is 4.19. The van der Waals surface area contributed by atoms with Gasteiger partial charge in [0.2, 0.25) is 0 Å². The number of aromatic carboxylic acids is 1. The molecular weight excluding hydrogens is 297 g/mol. The fourth-order valence-electron chi connectivity index (χ4n) is 4.19. The Balaban J connectivity index is 0.00000113. The monoisotopic (exact) mass is 321 g/mol. The van der Waals surface area contributed by atoms with Crippen LogP contribution in [0.5, 0.6) is 0 Å². The standard InChI is InChI=1S/C18H23N3O2.Li.H/c22-18(23)15-3-1-2-14-6-10-21(17(14)15)11-7-19-16-12-20-8-4-13(16)5-9-20;;/h1-3,6,10,13,16,19H,4-5,7-9,11-12H2,(H,22,23);;/q;+1;-1. The van der Waals surface area contributed by atoms with E-state index in [4.69, 9.17) is 0 Å². The molecule has 2 aromatic rings. The summed E-state index contributed by atoms with van der Waals surface area (Å²) in [6.07, 6.45) is 4.62. The normalized spacial score (nSPS) is 25.6. The minimum Gasteiger partial charge on any atom is -1.00 e. The van der Waals surface area contributed by atoms with Gasteiger partial charge in [-0.3, -0.25) is 0 Å². The molecule has 1 aromatic heterocycles. The van der Waals surface area contributed by atoms with Gasteiger partial charge in [-0.25, -0.2) is 4.79 Å². The summed E-state index contributed by atoms with van der Waals surface area (Å²) in [5.74, 6) is -0.0445. The number of nitrogens with zero attached hydrogens (tertiary/aromatic N) is 2. The molecular formula is C18H24LiN3O2. The van der Waals surface area contributed by atoms with Gasteiger partial charge in [-0.1, -0.05) is 12.1 Å². The largest absolute Gasteiger partial charge is 1.00 e. The second-order valence-electron chi connectivity index (χ2n) is 6.76. The van der Waals surface area contributed by atoms with Crippen molar-refractivity contribution in [3.05, 3.63) is 36.0 Å². The topological polar surface area (TPSA) is 57.5 Å². The van der Waals surface area contributed by atoms with Crippen LogP contribution in [0.25, 0.3) is 10.9 Å².